The minimum absolute atomic E-state index is 0.00537. The second-order valence-electron chi connectivity index (χ2n) is 9.49. The number of likely N-dealkylation sites (tertiary alicyclic amines) is 1. The van der Waals surface area contributed by atoms with Crippen molar-refractivity contribution in [2.75, 3.05) is 46.5 Å². The zero-order chi connectivity index (χ0) is 27.0. The number of imidazole rings is 1. The number of aliphatic hydroxyl groups is 1. The van der Waals surface area contributed by atoms with Crippen molar-refractivity contribution in [3.8, 4) is 0 Å². The predicted molar refractivity (Wildman–Crippen MR) is 139 cm³/mol. The van der Waals surface area contributed by atoms with Gasteiger partial charge in [0.2, 0.25) is 0 Å². The fraction of sp³-hybridized carbons (Fsp3) is 0.357. The molecule has 0 saturated carbocycles. The van der Waals surface area contributed by atoms with Crippen LogP contribution in [-0.2, 0) is 19.1 Å². The molecule has 0 radical (unpaired) electrons. The third kappa shape index (κ3) is 4.46. The number of aryl methyl sites for hydroxylation is 2. The Morgan fingerprint density at radius 2 is 1.82 bits per heavy atom. The number of morpholine rings is 1. The monoisotopic (exact) mass is 518 g/mol. The number of carbonyl (C=O) groups excluding carboxylic acids is 3. The summed E-state index contributed by atoms with van der Waals surface area (Å²) >= 11 is 0. The maximum Gasteiger partial charge on any atom is 0.337 e. The molecule has 0 spiro atoms. The number of ether oxygens (including phenoxy) is 2. The molecule has 4 heterocycles. The second-order valence-corrected chi connectivity index (χ2v) is 9.49. The number of fused-ring (bicyclic) bond motifs is 1. The summed E-state index contributed by atoms with van der Waals surface area (Å²) in [7, 11) is 1.30. The van der Waals surface area contributed by atoms with Gasteiger partial charge in [0.05, 0.1) is 43.2 Å². The van der Waals surface area contributed by atoms with Crippen LogP contribution in [-0.4, -0.2) is 88.5 Å². The van der Waals surface area contributed by atoms with E-state index in [0.717, 1.165) is 18.7 Å². The standard InChI is InChI=1S/C28H30N4O6/c1-17-5-4-10-31-22(18(2)29-26(17)31)24(33)21-23(19-6-8-20(9-7-19)28(36)37-3)32(27(35)25(21)34)12-11-30-13-15-38-16-14-30/h4-10,23,33H,11-16H2,1-3H3/b24-21+. The van der Waals surface area contributed by atoms with Gasteiger partial charge in [-0.1, -0.05) is 18.2 Å². The number of methoxy groups -OCH3 is 1. The molecule has 1 atom stereocenters. The van der Waals surface area contributed by atoms with Gasteiger partial charge >= 0.3 is 5.97 Å². The summed E-state index contributed by atoms with van der Waals surface area (Å²) in [5, 5.41) is 11.6. The van der Waals surface area contributed by atoms with E-state index in [0.29, 0.717) is 47.9 Å². The van der Waals surface area contributed by atoms with Crippen LogP contribution < -0.4 is 0 Å². The first kappa shape index (κ1) is 25.6. The summed E-state index contributed by atoms with van der Waals surface area (Å²) in [6.45, 7) is 7.23. The maximum absolute atomic E-state index is 13.5. The number of rotatable bonds is 6. The average molecular weight is 519 g/mol. The largest absolute Gasteiger partial charge is 0.505 e. The lowest BCUT2D eigenvalue weighted by Gasteiger charge is -2.31. The van der Waals surface area contributed by atoms with Crippen molar-refractivity contribution >= 4 is 29.1 Å². The molecular weight excluding hydrogens is 488 g/mol. The lowest BCUT2D eigenvalue weighted by atomic mass is 9.95. The summed E-state index contributed by atoms with van der Waals surface area (Å²) in [5.41, 5.74) is 3.41. The number of hydrogen-bond acceptors (Lipinski definition) is 8. The number of aromatic nitrogens is 2. The van der Waals surface area contributed by atoms with E-state index in [1.807, 2.05) is 19.1 Å². The van der Waals surface area contributed by atoms with Gasteiger partial charge in [-0.2, -0.15) is 0 Å². The van der Waals surface area contributed by atoms with Gasteiger partial charge in [-0.25, -0.2) is 9.78 Å². The van der Waals surface area contributed by atoms with Crippen LogP contribution in [0.1, 0.15) is 38.9 Å². The highest BCUT2D eigenvalue weighted by Crippen LogP contribution is 2.40. The van der Waals surface area contributed by atoms with Gasteiger partial charge in [-0.05, 0) is 43.2 Å². The third-order valence-electron chi connectivity index (χ3n) is 7.19. The lowest BCUT2D eigenvalue weighted by molar-refractivity contribution is -0.140. The van der Waals surface area contributed by atoms with E-state index in [2.05, 4.69) is 9.88 Å². The van der Waals surface area contributed by atoms with E-state index in [4.69, 9.17) is 9.47 Å². The molecule has 1 aromatic carbocycles. The zero-order valence-corrected chi connectivity index (χ0v) is 21.6. The first-order valence-corrected chi connectivity index (χ1v) is 12.5. The molecule has 2 aromatic heterocycles. The van der Waals surface area contributed by atoms with E-state index in [-0.39, 0.29) is 17.9 Å². The van der Waals surface area contributed by atoms with Crippen molar-refractivity contribution in [1.82, 2.24) is 19.2 Å². The van der Waals surface area contributed by atoms with Gasteiger partial charge in [0.1, 0.15) is 11.3 Å². The minimum Gasteiger partial charge on any atom is -0.505 e. The highest BCUT2D eigenvalue weighted by molar-refractivity contribution is 6.46. The summed E-state index contributed by atoms with van der Waals surface area (Å²) in [4.78, 5) is 47.1. The van der Waals surface area contributed by atoms with Crippen LogP contribution in [0.15, 0.2) is 48.2 Å². The number of pyridine rings is 1. The number of aliphatic hydroxyl groups excluding tert-OH is 1. The van der Waals surface area contributed by atoms with Crippen molar-refractivity contribution in [3.63, 3.8) is 0 Å². The van der Waals surface area contributed by atoms with E-state index in [9.17, 15) is 19.5 Å². The van der Waals surface area contributed by atoms with E-state index < -0.39 is 23.7 Å². The van der Waals surface area contributed by atoms with Crippen molar-refractivity contribution in [2.24, 2.45) is 0 Å². The predicted octanol–water partition coefficient (Wildman–Crippen LogP) is 2.49. The molecule has 2 aliphatic rings. The average Bonchev–Trinajstić information content (AvgIpc) is 3.41. The summed E-state index contributed by atoms with van der Waals surface area (Å²) in [6.07, 6.45) is 1.77. The summed E-state index contributed by atoms with van der Waals surface area (Å²) in [6, 6.07) is 9.46. The van der Waals surface area contributed by atoms with Gasteiger partial charge < -0.3 is 19.5 Å². The molecule has 1 unspecified atom stereocenters. The Morgan fingerprint density at radius 3 is 2.50 bits per heavy atom. The number of benzene rings is 1. The van der Waals surface area contributed by atoms with Crippen LogP contribution in [0.4, 0.5) is 0 Å². The molecule has 38 heavy (non-hydrogen) atoms. The molecule has 10 heteroatoms. The molecule has 0 aliphatic carbocycles. The number of amides is 1. The molecular formula is C28H30N4O6. The van der Waals surface area contributed by atoms with Crippen LogP contribution >= 0.6 is 0 Å². The maximum atomic E-state index is 13.5. The highest BCUT2D eigenvalue weighted by atomic mass is 16.5. The number of Topliss-reactive ketones (excluding diaryl/α,β-unsaturated/α-hetero) is 1. The van der Waals surface area contributed by atoms with Crippen molar-refractivity contribution in [2.45, 2.75) is 19.9 Å². The minimum atomic E-state index is -0.836. The number of ketones is 1. The van der Waals surface area contributed by atoms with Gasteiger partial charge in [0.25, 0.3) is 11.7 Å². The molecule has 3 aromatic rings. The smallest absolute Gasteiger partial charge is 0.337 e. The van der Waals surface area contributed by atoms with Crippen molar-refractivity contribution < 1.29 is 29.0 Å². The lowest BCUT2D eigenvalue weighted by Crippen LogP contribution is -2.42. The Morgan fingerprint density at radius 1 is 1.11 bits per heavy atom. The van der Waals surface area contributed by atoms with E-state index in [1.165, 1.54) is 12.0 Å². The Hall–Kier alpha value is -4.02. The van der Waals surface area contributed by atoms with Gasteiger partial charge in [0.15, 0.2) is 5.76 Å². The fourth-order valence-electron chi connectivity index (χ4n) is 5.18. The van der Waals surface area contributed by atoms with E-state index >= 15 is 0 Å². The van der Waals surface area contributed by atoms with Crippen LogP contribution in [0.3, 0.4) is 0 Å². The molecule has 10 nitrogen and oxygen atoms in total. The Balaban J connectivity index is 1.62. The second kappa shape index (κ2) is 10.4. The Kier molecular flexibility index (Phi) is 7.00. The quantitative estimate of drug-likeness (QED) is 0.229. The van der Waals surface area contributed by atoms with Crippen molar-refractivity contribution in [3.05, 3.63) is 76.2 Å². The topological polar surface area (TPSA) is 114 Å². The summed E-state index contributed by atoms with van der Waals surface area (Å²) < 4.78 is 12.0. The number of nitrogens with zero attached hydrogens (tertiary/aromatic N) is 4. The fourth-order valence-corrected chi connectivity index (χ4v) is 5.18. The zero-order valence-electron chi connectivity index (χ0n) is 21.6. The number of hydrogen-bond donors (Lipinski definition) is 1. The van der Waals surface area contributed by atoms with Crippen LogP contribution in [0.5, 0.6) is 0 Å². The third-order valence-corrected chi connectivity index (χ3v) is 7.19. The highest BCUT2D eigenvalue weighted by Gasteiger charge is 2.46. The molecule has 2 aliphatic heterocycles. The molecule has 1 N–H and O–H groups in total. The van der Waals surface area contributed by atoms with Gasteiger partial charge in [-0.3, -0.25) is 18.9 Å². The molecule has 1 amide bonds. The first-order chi connectivity index (χ1) is 18.3. The summed E-state index contributed by atoms with van der Waals surface area (Å²) in [5.74, 6) is -2.21. The number of esters is 1. The normalized spacial score (nSPS) is 19.9. The Labute approximate surface area is 220 Å². The Bertz CT molecular complexity index is 1440. The van der Waals surface area contributed by atoms with E-state index in [1.54, 1.807) is 41.8 Å². The van der Waals surface area contributed by atoms with Gasteiger partial charge in [-0.15, -0.1) is 0 Å². The first-order valence-electron chi connectivity index (χ1n) is 12.5. The van der Waals surface area contributed by atoms with Crippen LogP contribution in [0.2, 0.25) is 0 Å². The molecule has 5 rings (SSSR count). The molecule has 0 bridgehead atoms. The molecule has 2 saturated heterocycles. The van der Waals surface area contributed by atoms with Crippen LogP contribution in [0, 0.1) is 13.8 Å². The van der Waals surface area contributed by atoms with Crippen molar-refractivity contribution in [1.29, 1.82) is 0 Å². The van der Waals surface area contributed by atoms with Crippen LogP contribution in [0.25, 0.3) is 11.4 Å². The SMILES string of the molecule is COC(=O)c1ccc(C2/C(=C(\O)c3c(C)nc4c(C)cccn34)C(=O)C(=O)N2CCN2CCOCC2)cc1. The molecule has 2 fully saturated rings. The number of carbonyl (C=O) groups is 3. The van der Waals surface area contributed by atoms with Gasteiger partial charge in [0, 0.05) is 32.4 Å². The molecule has 198 valence electrons.